The highest BCUT2D eigenvalue weighted by atomic mass is 32.2. The lowest BCUT2D eigenvalue weighted by molar-refractivity contribution is -0.123. The van der Waals surface area contributed by atoms with Crippen molar-refractivity contribution in [2.75, 3.05) is 5.32 Å². The van der Waals surface area contributed by atoms with E-state index in [9.17, 15) is 18.0 Å². The fourth-order valence-electron chi connectivity index (χ4n) is 2.98. The maximum Gasteiger partial charge on any atom is 0.338 e. The molecular weight excluding hydrogens is 444 g/mol. The van der Waals surface area contributed by atoms with Gasteiger partial charge in [0, 0.05) is 11.7 Å². The number of nitrogens with one attached hydrogen (secondary N) is 2. The number of nitrogens with zero attached hydrogens (tertiary/aromatic N) is 2. The van der Waals surface area contributed by atoms with Crippen molar-refractivity contribution in [2.45, 2.75) is 51.7 Å². The fraction of sp³-hybridized carbons (Fsp3) is 0.304. The monoisotopic (exact) mass is 470 g/mol. The van der Waals surface area contributed by atoms with E-state index in [-0.39, 0.29) is 16.5 Å². The number of amides is 1. The van der Waals surface area contributed by atoms with E-state index in [1.165, 1.54) is 31.2 Å². The van der Waals surface area contributed by atoms with Gasteiger partial charge in [-0.25, -0.2) is 27.9 Å². The van der Waals surface area contributed by atoms with Crippen LogP contribution >= 0.6 is 0 Å². The molecule has 3 rings (SSSR count). The van der Waals surface area contributed by atoms with Gasteiger partial charge in [0.25, 0.3) is 5.91 Å². The van der Waals surface area contributed by atoms with Crippen LogP contribution in [0.3, 0.4) is 0 Å². The van der Waals surface area contributed by atoms with Crippen molar-refractivity contribution >= 4 is 38.6 Å². The van der Waals surface area contributed by atoms with Gasteiger partial charge in [-0.2, -0.15) is 0 Å². The lowest BCUT2D eigenvalue weighted by Crippen LogP contribution is -2.30. The first-order chi connectivity index (χ1) is 15.5. The van der Waals surface area contributed by atoms with Crippen LogP contribution < -0.4 is 10.0 Å². The summed E-state index contributed by atoms with van der Waals surface area (Å²) in [4.78, 5) is 33.9. The SMILES string of the molecule is Cc1nc2ccc(C(=O)OC(C)C(=O)Nc3ccc(S(=O)(=O)NC(C)C)cc3)cc2nc1C. The highest BCUT2D eigenvalue weighted by Gasteiger charge is 2.20. The van der Waals surface area contributed by atoms with Gasteiger partial charge in [-0.1, -0.05) is 0 Å². The number of carbonyl (C=O) groups excluding carboxylic acids is 2. The first kappa shape index (κ1) is 24.3. The summed E-state index contributed by atoms with van der Waals surface area (Å²) < 4.78 is 32.2. The van der Waals surface area contributed by atoms with Crippen LogP contribution in [0.1, 0.15) is 42.5 Å². The Labute approximate surface area is 192 Å². The van der Waals surface area contributed by atoms with E-state index in [0.717, 1.165) is 11.4 Å². The maximum atomic E-state index is 12.5. The van der Waals surface area contributed by atoms with Crippen molar-refractivity contribution in [1.82, 2.24) is 14.7 Å². The maximum absolute atomic E-state index is 12.5. The molecule has 0 aliphatic carbocycles. The third-order valence-electron chi connectivity index (χ3n) is 4.79. The zero-order valence-electron chi connectivity index (χ0n) is 19.0. The molecule has 174 valence electrons. The Bertz CT molecular complexity index is 1300. The third kappa shape index (κ3) is 5.91. The lowest BCUT2D eigenvalue weighted by Gasteiger charge is -2.14. The highest BCUT2D eigenvalue weighted by molar-refractivity contribution is 7.89. The molecule has 1 aromatic heterocycles. The van der Waals surface area contributed by atoms with Crippen molar-refractivity contribution in [1.29, 1.82) is 0 Å². The summed E-state index contributed by atoms with van der Waals surface area (Å²) in [5, 5.41) is 2.61. The molecule has 0 aliphatic heterocycles. The standard InChI is InChI=1S/C23H26N4O5S/c1-13(2)27-33(30,31)19-9-7-18(8-10-19)26-22(28)16(5)32-23(29)17-6-11-20-21(12-17)25-15(4)14(3)24-20/h6-13,16,27H,1-5H3,(H,26,28). The minimum atomic E-state index is -3.63. The number of rotatable bonds is 7. The molecule has 0 fully saturated rings. The van der Waals surface area contributed by atoms with Gasteiger partial charge in [0.2, 0.25) is 10.0 Å². The predicted molar refractivity (Wildman–Crippen MR) is 124 cm³/mol. The molecule has 1 heterocycles. The van der Waals surface area contributed by atoms with Gasteiger partial charge in [0.1, 0.15) is 0 Å². The van der Waals surface area contributed by atoms with E-state index in [2.05, 4.69) is 20.0 Å². The van der Waals surface area contributed by atoms with Crippen molar-refractivity contribution in [3.8, 4) is 0 Å². The number of anilines is 1. The van der Waals surface area contributed by atoms with Crippen molar-refractivity contribution < 1.29 is 22.7 Å². The summed E-state index contributed by atoms with van der Waals surface area (Å²) in [6.45, 7) is 8.60. The third-order valence-corrected chi connectivity index (χ3v) is 6.46. The number of hydrogen-bond donors (Lipinski definition) is 2. The van der Waals surface area contributed by atoms with Gasteiger partial charge in [-0.3, -0.25) is 4.79 Å². The summed E-state index contributed by atoms with van der Waals surface area (Å²) in [5.41, 5.74) is 3.43. The normalized spacial score (nSPS) is 12.5. The van der Waals surface area contributed by atoms with E-state index in [1.807, 2.05) is 13.8 Å². The van der Waals surface area contributed by atoms with Crippen molar-refractivity contribution in [3.05, 3.63) is 59.4 Å². The number of sulfonamides is 1. The Morgan fingerprint density at radius 1 is 0.909 bits per heavy atom. The van der Waals surface area contributed by atoms with Gasteiger partial charge in [0.05, 0.1) is 32.9 Å². The van der Waals surface area contributed by atoms with Gasteiger partial charge >= 0.3 is 5.97 Å². The number of fused-ring (bicyclic) bond motifs is 1. The molecule has 2 aromatic carbocycles. The first-order valence-corrected chi connectivity index (χ1v) is 11.8. The van der Waals surface area contributed by atoms with Crippen molar-refractivity contribution in [2.24, 2.45) is 0 Å². The Hall–Kier alpha value is -3.37. The van der Waals surface area contributed by atoms with Crippen LogP contribution in [0.25, 0.3) is 11.0 Å². The molecule has 1 amide bonds. The molecule has 0 aliphatic rings. The fourth-order valence-corrected chi connectivity index (χ4v) is 4.23. The zero-order valence-corrected chi connectivity index (χ0v) is 19.9. The van der Waals surface area contributed by atoms with E-state index in [0.29, 0.717) is 16.7 Å². The Morgan fingerprint density at radius 2 is 1.52 bits per heavy atom. The second-order valence-electron chi connectivity index (χ2n) is 7.94. The molecule has 0 bridgehead atoms. The molecule has 33 heavy (non-hydrogen) atoms. The van der Waals surface area contributed by atoms with E-state index >= 15 is 0 Å². The number of benzene rings is 2. The molecule has 1 unspecified atom stereocenters. The molecule has 0 radical (unpaired) electrons. The smallest absolute Gasteiger partial charge is 0.338 e. The van der Waals surface area contributed by atoms with E-state index < -0.39 is 28.0 Å². The largest absolute Gasteiger partial charge is 0.449 e. The van der Waals surface area contributed by atoms with E-state index in [4.69, 9.17) is 4.74 Å². The lowest BCUT2D eigenvalue weighted by atomic mass is 10.2. The highest BCUT2D eigenvalue weighted by Crippen LogP contribution is 2.17. The molecule has 0 spiro atoms. The van der Waals surface area contributed by atoms with Crippen LogP contribution in [0, 0.1) is 13.8 Å². The Kier molecular flexibility index (Phi) is 7.09. The van der Waals surface area contributed by atoms with Crippen LogP contribution in [0.5, 0.6) is 0 Å². The van der Waals surface area contributed by atoms with Gasteiger partial charge in [-0.05, 0) is 77.1 Å². The Balaban J connectivity index is 1.65. The first-order valence-electron chi connectivity index (χ1n) is 10.4. The summed E-state index contributed by atoms with van der Waals surface area (Å²) in [6, 6.07) is 10.3. The van der Waals surface area contributed by atoms with Crippen LogP contribution in [0.15, 0.2) is 47.4 Å². The zero-order chi connectivity index (χ0) is 24.3. The second-order valence-corrected chi connectivity index (χ2v) is 9.65. The quantitative estimate of drug-likeness (QED) is 0.508. The number of esters is 1. The summed E-state index contributed by atoms with van der Waals surface area (Å²) >= 11 is 0. The topological polar surface area (TPSA) is 127 Å². The number of carbonyl (C=O) groups is 2. The molecule has 0 saturated carbocycles. The second kappa shape index (κ2) is 9.63. The number of aryl methyl sites for hydroxylation is 2. The average Bonchev–Trinajstić information content (AvgIpc) is 2.73. The van der Waals surface area contributed by atoms with E-state index in [1.54, 1.807) is 32.0 Å². The molecule has 0 saturated heterocycles. The van der Waals surface area contributed by atoms with Crippen LogP contribution in [-0.4, -0.2) is 42.4 Å². The molecule has 2 N–H and O–H groups in total. The van der Waals surface area contributed by atoms with Gasteiger partial charge in [-0.15, -0.1) is 0 Å². The van der Waals surface area contributed by atoms with Crippen LogP contribution in [0.2, 0.25) is 0 Å². The van der Waals surface area contributed by atoms with Crippen LogP contribution in [-0.2, 0) is 19.6 Å². The number of ether oxygens (including phenoxy) is 1. The van der Waals surface area contributed by atoms with Gasteiger partial charge in [0.15, 0.2) is 6.10 Å². The summed E-state index contributed by atoms with van der Waals surface area (Å²) in [7, 11) is -3.63. The Morgan fingerprint density at radius 3 is 2.12 bits per heavy atom. The molecule has 10 heteroatoms. The minimum absolute atomic E-state index is 0.0820. The average molecular weight is 471 g/mol. The summed E-state index contributed by atoms with van der Waals surface area (Å²) in [5.74, 6) is -1.22. The van der Waals surface area contributed by atoms with Crippen LogP contribution in [0.4, 0.5) is 5.69 Å². The predicted octanol–water partition coefficient (Wildman–Crippen LogP) is 3.12. The minimum Gasteiger partial charge on any atom is -0.449 e. The number of aromatic nitrogens is 2. The summed E-state index contributed by atoms with van der Waals surface area (Å²) in [6.07, 6.45) is -1.08. The van der Waals surface area contributed by atoms with Crippen molar-refractivity contribution in [3.63, 3.8) is 0 Å². The molecule has 1 atom stereocenters. The molecule has 3 aromatic rings. The molecular formula is C23H26N4O5S. The molecule has 9 nitrogen and oxygen atoms in total. The van der Waals surface area contributed by atoms with Gasteiger partial charge < -0.3 is 10.1 Å². The number of hydrogen-bond acceptors (Lipinski definition) is 7.